The highest BCUT2D eigenvalue weighted by atomic mass is 16.2. The van der Waals surface area contributed by atoms with Crippen molar-refractivity contribution in [3.8, 4) is 0 Å². The SMILES string of the molecule is CCCNC(=O)C(C=O)c1ccccc1. The summed E-state index contributed by atoms with van der Waals surface area (Å²) >= 11 is 0. The molecule has 0 saturated carbocycles. The minimum Gasteiger partial charge on any atom is -0.355 e. The molecule has 1 N–H and O–H groups in total. The summed E-state index contributed by atoms with van der Waals surface area (Å²) in [7, 11) is 0. The minimum atomic E-state index is -0.683. The van der Waals surface area contributed by atoms with Gasteiger partial charge in [0.25, 0.3) is 0 Å². The lowest BCUT2D eigenvalue weighted by Crippen LogP contribution is -2.30. The zero-order chi connectivity index (χ0) is 11.1. The van der Waals surface area contributed by atoms with E-state index in [2.05, 4.69) is 5.32 Å². The van der Waals surface area contributed by atoms with Crippen molar-refractivity contribution in [3.63, 3.8) is 0 Å². The molecule has 80 valence electrons. The van der Waals surface area contributed by atoms with Crippen LogP contribution in [0.3, 0.4) is 0 Å². The van der Waals surface area contributed by atoms with Gasteiger partial charge in [-0.15, -0.1) is 0 Å². The number of amides is 1. The van der Waals surface area contributed by atoms with E-state index in [9.17, 15) is 9.59 Å². The Morgan fingerprint density at radius 3 is 2.60 bits per heavy atom. The third-order valence-electron chi connectivity index (χ3n) is 2.13. The Kier molecular flexibility index (Phi) is 4.54. The lowest BCUT2D eigenvalue weighted by molar-refractivity contribution is -0.125. The first-order valence-electron chi connectivity index (χ1n) is 5.07. The van der Waals surface area contributed by atoms with Gasteiger partial charge in [0.1, 0.15) is 12.2 Å². The zero-order valence-electron chi connectivity index (χ0n) is 8.77. The van der Waals surface area contributed by atoms with E-state index < -0.39 is 5.92 Å². The maximum atomic E-state index is 11.6. The number of carbonyl (C=O) groups excluding carboxylic acids is 2. The normalized spacial score (nSPS) is 11.8. The van der Waals surface area contributed by atoms with Crippen molar-refractivity contribution in [3.05, 3.63) is 35.9 Å². The molecule has 1 aromatic carbocycles. The Labute approximate surface area is 89.5 Å². The van der Waals surface area contributed by atoms with Crippen LogP contribution in [0.1, 0.15) is 24.8 Å². The fraction of sp³-hybridized carbons (Fsp3) is 0.333. The zero-order valence-corrected chi connectivity index (χ0v) is 8.77. The van der Waals surface area contributed by atoms with Crippen molar-refractivity contribution in [2.75, 3.05) is 6.54 Å². The van der Waals surface area contributed by atoms with E-state index >= 15 is 0 Å². The van der Waals surface area contributed by atoms with Crippen LogP contribution in [0.4, 0.5) is 0 Å². The van der Waals surface area contributed by atoms with Crippen molar-refractivity contribution in [1.29, 1.82) is 0 Å². The summed E-state index contributed by atoms with van der Waals surface area (Å²) < 4.78 is 0. The van der Waals surface area contributed by atoms with Crippen LogP contribution in [0.5, 0.6) is 0 Å². The van der Waals surface area contributed by atoms with Gasteiger partial charge in [-0.3, -0.25) is 4.79 Å². The number of nitrogens with one attached hydrogen (secondary N) is 1. The van der Waals surface area contributed by atoms with E-state index in [-0.39, 0.29) is 5.91 Å². The van der Waals surface area contributed by atoms with E-state index in [0.29, 0.717) is 12.8 Å². The molecule has 0 bridgehead atoms. The van der Waals surface area contributed by atoms with Gasteiger partial charge >= 0.3 is 0 Å². The van der Waals surface area contributed by atoms with Crippen LogP contribution in [0.15, 0.2) is 30.3 Å². The summed E-state index contributed by atoms with van der Waals surface area (Å²) in [6, 6.07) is 9.06. The molecule has 0 heterocycles. The third kappa shape index (κ3) is 3.20. The van der Waals surface area contributed by atoms with Crippen LogP contribution in [-0.4, -0.2) is 18.7 Å². The van der Waals surface area contributed by atoms with Crippen molar-refractivity contribution in [2.24, 2.45) is 0 Å². The standard InChI is InChI=1S/C12H15NO2/c1-2-8-13-12(15)11(9-14)10-6-4-3-5-7-10/h3-7,9,11H,2,8H2,1H3,(H,13,15). The summed E-state index contributed by atoms with van der Waals surface area (Å²) in [5, 5.41) is 2.71. The van der Waals surface area contributed by atoms with Gasteiger partial charge in [0.2, 0.25) is 5.91 Å². The Hall–Kier alpha value is -1.64. The van der Waals surface area contributed by atoms with Gasteiger partial charge in [-0.1, -0.05) is 37.3 Å². The first kappa shape index (κ1) is 11.4. The molecule has 0 aliphatic heterocycles. The molecule has 1 unspecified atom stereocenters. The van der Waals surface area contributed by atoms with Crippen LogP contribution < -0.4 is 5.32 Å². The van der Waals surface area contributed by atoms with Gasteiger partial charge in [-0.2, -0.15) is 0 Å². The average molecular weight is 205 g/mol. The minimum absolute atomic E-state index is 0.224. The summed E-state index contributed by atoms with van der Waals surface area (Å²) in [5.41, 5.74) is 0.737. The molecule has 0 aromatic heterocycles. The Morgan fingerprint density at radius 1 is 1.40 bits per heavy atom. The molecule has 0 aliphatic rings. The predicted octanol–water partition coefficient (Wildman–Crippen LogP) is 1.50. The van der Waals surface area contributed by atoms with Gasteiger partial charge in [-0.05, 0) is 12.0 Å². The lowest BCUT2D eigenvalue weighted by Gasteiger charge is -2.10. The molecule has 3 nitrogen and oxygen atoms in total. The fourth-order valence-corrected chi connectivity index (χ4v) is 1.31. The summed E-state index contributed by atoms with van der Waals surface area (Å²) in [4.78, 5) is 22.4. The molecule has 1 aromatic rings. The maximum Gasteiger partial charge on any atom is 0.234 e. The summed E-state index contributed by atoms with van der Waals surface area (Å²) in [6.07, 6.45) is 1.55. The monoisotopic (exact) mass is 205 g/mol. The van der Waals surface area contributed by atoms with E-state index in [1.165, 1.54) is 0 Å². The molecule has 0 fully saturated rings. The quantitative estimate of drug-likeness (QED) is 0.585. The molecule has 0 spiro atoms. The lowest BCUT2D eigenvalue weighted by atomic mass is 10.00. The number of rotatable bonds is 5. The first-order valence-corrected chi connectivity index (χ1v) is 5.07. The molecule has 0 aliphatic carbocycles. The molecule has 1 rings (SSSR count). The average Bonchev–Trinajstić information content (AvgIpc) is 2.29. The second kappa shape index (κ2) is 5.96. The maximum absolute atomic E-state index is 11.6. The molecule has 0 saturated heterocycles. The Morgan fingerprint density at radius 2 is 2.07 bits per heavy atom. The molecule has 0 radical (unpaired) electrons. The second-order valence-corrected chi connectivity index (χ2v) is 3.32. The molecular formula is C12H15NO2. The number of carbonyl (C=O) groups is 2. The molecule has 15 heavy (non-hydrogen) atoms. The fourth-order valence-electron chi connectivity index (χ4n) is 1.31. The molecular weight excluding hydrogens is 190 g/mol. The first-order chi connectivity index (χ1) is 7.29. The van der Waals surface area contributed by atoms with Gasteiger partial charge in [0, 0.05) is 6.54 Å². The Bertz CT molecular complexity index is 322. The van der Waals surface area contributed by atoms with Crippen LogP contribution in [0.2, 0.25) is 0 Å². The van der Waals surface area contributed by atoms with Gasteiger partial charge < -0.3 is 10.1 Å². The third-order valence-corrected chi connectivity index (χ3v) is 2.13. The van der Waals surface area contributed by atoms with E-state index in [1.807, 2.05) is 25.1 Å². The summed E-state index contributed by atoms with van der Waals surface area (Å²) in [5.74, 6) is -0.907. The van der Waals surface area contributed by atoms with Crippen molar-refractivity contribution >= 4 is 12.2 Å². The van der Waals surface area contributed by atoms with E-state index in [4.69, 9.17) is 0 Å². The molecule has 1 amide bonds. The number of hydrogen-bond acceptors (Lipinski definition) is 2. The van der Waals surface area contributed by atoms with Crippen molar-refractivity contribution in [2.45, 2.75) is 19.3 Å². The van der Waals surface area contributed by atoms with Crippen LogP contribution in [-0.2, 0) is 9.59 Å². The number of aldehydes is 1. The van der Waals surface area contributed by atoms with Crippen LogP contribution in [0.25, 0.3) is 0 Å². The number of benzene rings is 1. The van der Waals surface area contributed by atoms with Crippen molar-refractivity contribution in [1.82, 2.24) is 5.32 Å². The summed E-state index contributed by atoms with van der Waals surface area (Å²) in [6.45, 7) is 2.58. The largest absolute Gasteiger partial charge is 0.355 e. The van der Waals surface area contributed by atoms with Crippen LogP contribution >= 0.6 is 0 Å². The van der Waals surface area contributed by atoms with E-state index in [0.717, 1.165) is 12.0 Å². The molecule has 1 atom stereocenters. The highest BCUT2D eigenvalue weighted by Crippen LogP contribution is 2.12. The van der Waals surface area contributed by atoms with Crippen LogP contribution in [0, 0.1) is 0 Å². The van der Waals surface area contributed by atoms with E-state index in [1.54, 1.807) is 12.1 Å². The predicted molar refractivity (Wildman–Crippen MR) is 58.5 cm³/mol. The van der Waals surface area contributed by atoms with Gasteiger partial charge in [0.05, 0.1) is 0 Å². The Balaban J connectivity index is 2.72. The second-order valence-electron chi connectivity index (χ2n) is 3.32. The van der Waals surface area contributed by atoms with Gasteiger partial charge in [-0.25, -0.2) is 0 Å². The van der Waals surface area contributed by atoms with Crippen molar-refractivity contribution < 1.29 is 9.59 Å². The topological polar surface area (TPSA) is 46.2 Å². The highest BCUT2D eigenvalue weighted by Gasteiger charge is 2.18. The molecule has 3 heteroatoms. The highest BCUT2D eigenvalue weighted by molar-refractivity contribution is 5.97. The smallest absolute Gasteiger partial charge is 0.234 e. The number of hydrogen-bond donors (Lipinski definition) is 1. The van der Waals surface area contributed by atoms with Gasteiger partial charge in [0.15, 0.2) is 0 Å².